The summed E-state index contributed by atoms with van der Waals surface area (Å²) in [7, 11) is 3.53. The lowest BCUT2D eigenvalue weighted by molar-refractivity contribution is 0.162. The number of rotatable bonds is 5. The van der Waals surface area contributed by atoms with Gasteiger partial charge in [0.1, 0.15) is 18.1 Å². The summed E-state index contributed by atoms with van der Waals surface area (Å²) < 4.78 is 11.8. The van der Waals surface area contributed by atoms with Crippen LogP contribution in [0.15, 0.2) is 39.2 Å². The molecule has 19 heavy (non-hydrogen) atoms. The Hall–Kier alpha value is -0.810. The van der Waals surface area contributed by atoms with Gasteiger partial charge in [-0.2, -0.15) is 0 Å². The highest BCUT2D eigenvalue weighted by Gasteiger charge is 2.19. The van der Waals surface area contributed by atoms with Crippen LogP contribution in [-0.2, 0) is 11.3 Å². The van der Waals surface area contributed by atoms with Gasteiger partial charge in [-0.3, -0.25) is 0 Å². The smallest absolute Gasteiger partial charge is 0.129 e. The summed E-state index contributed by atoms with van der Waals surface area (Å²) in [6.45, 7) is 0.465. The van der Waals surface area contributed by atoms with Gasteiger partial charge in [0.25, 0.3) is 0 Å². The number of furan rings is 1. The van der Waals surface area contributed by atoms with E-state index in [2.05, 4.69) is 21.2 Å². The molecule has 0 saturated heterocycles. The number of hydrogen-bond acceptors (Lipinski definition) is 3. The molecule has 0 aliphatic rings. The molecule has 0 bridgehead atoms. The largest absolute Gasteiger partial charge is 0.462 e. The average molecular weight is 345 g/mol. The SMILES string of the molecule is CNC(c1ccc(COC)o1)c1cc(Cl)ccc1Br. The zero-order valence-corrected chi connectivity index (χ0v) is 13.1. The van der Waals surface area contributed by atoms with Crippen molar-refractivity contribution in [3.8, 4) is 0 Å². The van der Waals surface area contributed by atoms with Crippen molar-refractivity contribution < 1.29 is 9.15 Å². The normalized spacial score (nSPS) is 12.6. The van der Waals surface area contributed by atoms with Crippen LogP contribution >= 0.6 is 27.5 Å². The molecule has 1 aromatic heterocycles. The van der Waals surface area contributed by atoms with Gasteiger partial charge in [0.2, 0.25) is 0 Å². The van der Waals surface area contributed by atoms with Crippen LogP contribution in [0.25, 0.3) is 0 Å². The average Bonchev–Trinajstić information content (AvgIpc) is 2.83. The van der Waals surface area contributed by atoms with E-state index < -0.39 is 0 Å². The maximum atomic E-state index is 6.06. The Balaban J connectivity index is 2.35. The van der Waals surface area contributed by atoms with Gasteiger partial charge in [-0.25, -0.2) is 0 Å². The third-order valence-electron chi connectivity index (χ3n) is 2.81. The third kappa shape index (κ3) is 3.39. The highest BCUT2D eigenvalue weighted by atomic mass is 79.9. The van der Waals surface area contributed by atoms with Crippen LogP contribution in [0.1, 0.15) is 23.1 Å². The van der Waals surface area contributed by atoms with Crippen molar-refractivity contribution in [3.05, 3.63) is 56.9 Å². The van der Waals surface area contributed by atoms with E-state index in [9.17, 15) is 0 Å². The maximum absolute atomic E-state index is 6.06. The minimum absolute atomic E-state index is 0.0568. The molecular formula is C14H15BrClNO2. The first-order valence-corrected chi connectivity index (χ1v) is 7.02. The zero-order chi connectivity index (χ0) is 13.8. The summed E-state index contributed by atoms with van der Waals surface area (Å²) in [5, 5.41) is 3.93. The molecule has 1 unspecified atom stereocenters. The summed E-state index contributed by atoms with van der Waals surface area (Å²) in [6.07, 6.45) is 0. The molecule has 1 atom stereocenters. The zero-order valence-electron chi connectivity index (χ0n) is 10.7. The van der Waals surface area contributed by atoms with Crippen molar-refractivity contribution in [2.24, 2.45) is 0 Å². The van der Waals surface area contributed by atoms with Crippen molar-refractivity contribution in [3.63, 3.8) is 0 Å². The van der Waals surface area contributed by atoms with E-state index in [4.69, 9.17) is 20.8 Å². The molecule has 0 amide bonds. The molecule has 0 aliphatic carbocycles. The fraction of sp³-hybridized carbons (Fsp3) is 0.286. The molecule has 0 aliphatic heterocycles. The molecule has 1 N–H and O–H groups in total. The number of hydrogen-bond donors (Lipinski definition) is 1. The molecule has 0 radical (unpaired) electrons. The van der Waals surface area contributed by atoms with E-state index in [1.54, 1.807) is 7.11 Å². The second kappa shape index (κ2) is 6.57. The number of halogens is 2. The highest BCUT2D eigenvalue weighted by Crippen LogP contribution is 2.31. The molecule has 2 aromatic rings. The Kier molecular flexibility index (Phi) is 5.05. The molecule has 102 valence electrons. The molecular weight excluding hydrogens is 330 g/mol. The number of nitrogens with one attached hydrogen (secondary N) is 1. The van der Waals surface area contributed by atoms with Crippen molar-refractivity contribution in [2.75, 3.05) is 14.2 Å². The summed E-state index contributed by atoms with van der Waals surface area (Å²) >= 11 is 9.60. The van der Waals surface area contributed by atoms with Gasteiger partial charge in [0, 0.05) is 16.6 Å². The van der Waals surface area contributed by atoms with Gasteiger partial charge in [-0.1, -0.05) is 27.5 Å². The lowest BCUT2D eigenvalue weighted by Gasteiger charge is -2.16. The standard InChI is InChI=1S/C14H15BrClNO2/c1-17-14(11-7-9(16)3-5-12(11)15)13-6-4-10(19-13)8-18-2/h3-7,14,17H,8H2,1-2H3. The quantitative estimate of drug-likeness (QED) is 0.885. The first-order valence-electron chi connectivity index (χ1n) is 5.85. The van der Waals surface area contributed by atoms with E-state index >= 15 is 0 Å². The fourth-order valence-electron chi connectivity index (χ4n) is 1.96. The minimum Gasteiger partial charge on any atom is -0.462 e. The fourth-order valence-corrected chi connectivity index (χ4v) is 2.61. The maximum Gasteiger partial charge on any atom is 0.129 e. The van der Waals surface area contributed by atoms with Crippen LogP contribution in [0.2, 0.25) is 5.02 Å². The lowest BCUT2D eigenvalue weighted by Crippen LogP contribution is -2.17. The van der Waals surface area contributed by atoms with Gasteiger partial charge < -0.3 is 14.5 Å². The molecule has 0 fully saturated rings. The summed E-state index contributed by atoms with van der Waals surface area (Å²) in [6, 6.07) is 9.51. The van der Waals surface area contributed by atoms with Crippen LogP contribution in [0.5, 0.6) is 0 Å². The van der Waals surface area contributed by atoms with Crippen LogP contribution in [0.3, 0.4) is 0 Å². The summed E-state index contributed by atoms with van der Waals surface area (Å²) in [5.41, 5.74) is 1.04. The molecule has 5 heteroatoms. The Bertz CT molecular complexity index is 556. The Morgan fingerprint density at radius 3 is 2.84 bits per heavy atom. The molecule has 1 heterocycles. The van der Waals surface area contributed by atoms with E-state index in [1.807, 2.05) is 37.4 Å². The summed E-state index contributed by atoms with van der Waals surface area (Å²) in [5.74, 6) is 1.63. The van der Waals surface area contributed by atoms with E-state index in [1.165, 1.54) is 0 Å². The van der Waals surface area contributed by atoms with Crippen molar-refractivity contribution >= 4 is 27.5 Å². The Morgan fingerprint density at radius 2 is 2.16 bits per heavy atom. The topological polar surface area (TPSA) is 34.4 Å². The monoisotopic (exact) mass is 343 g/mol. The molecule has 1 aromatic carbocycles. The molecule has 2 rings (SSSR count). The van der Waals surface area contributed by atoms with Gasteiger partial charge in [0.05, 0.1) is 6.04 Å². The van der Waals surface area contributed by atoms with Gasteiger partial charge in [-0.15, -0.1) is 0 Å². The first-order chi connectivity index (χ1) is 9.15. The van der Waals surface area contributed by atoms with E-state index in [0.29, 0.717) is 11.6 Å². The van der Waals surface area contributed by atoms with Crippen molar-refractivity contribution in [1.29, 1.82) is 0 Å². The second-order valence-electron chi connectivity index (χ2n) is 4.12. The number of ether oxygens (including phenoxy) is 1. The third-order valence-corrected chi connectivity index (χ3v) is 3.77. The van der Waals surface area contributed by atoms with E-state index in [-0.39, 0.29) is 6.04 Å². The first kappa shape index (κ1) is 14.6. The van der Waals surface area contributed by atoms with Gasteiger partial charge in [0.15, 0.2) is 0 Å². The van der Waals surface area contributed by atoms with Crippen molar-refractivity contribution in [1.82, 2.24) is 5.32 Å². The number of methoxy groups -OCH3 is 1. The Morgan fingerprint density at radius 1 is 1.37 bits per heavy atom. The van der Waals surface area contributed by atoms with Crippen LogP contribution in [0, 0.1) is 0 Å². The molecule has 0 saturated carbocycles. The Labute approximate surface area is 126 Å². The van der Waals surface area contributed by atoms with Gasteiger partial charge >= 0.3 is 0 Å². The minimum atomic E-state index is -0.0568. The predicted molar refractivity (Wildman–Crippen MR) is 79.5 cm³/mol. The van der Waals surface area contributed by atoms with Crippen LogP contribution in [0.4, 0.5) is 0 Å². The number of benzene rings is 1. The molecule has 0 spiro atoms. The molecule has 3 nitrogen and oxygen atoms in total. The van der Waals surface area contributed by atoms with E-state index in [0.717, 1.165) is 21.6 Å². The second-order valence-corrected chi connectivity index (χ2v) is 5.42. The predicted octanol–water partition coefficient (Wildman–Crippen LogP) is 4.15. The lowest BCUT2D eigenvalue weighted by atomic mass is 10.1. The van der Waals surface area contributed by atoms with Crippen molar-refractivity contribution in [2.45, 2.75) is 12.6 Å². The summed E-state index contributed by atoms with van der Waals surface area (Å²) in [4.78, 5) is 0. The highest BCUT2D eigenvalue weighted by molar-refractivity contribution is 9.10. The van der Waals surface area contributed by atoms with Crippen LogP contribution < -0.4 is 5.32 Å². The van der Waals surface area contributed by atoms with Crippen LogP contribution in [-0.4, -0.2) is 14.2 Å². The van der Waals surface area contributed by atoms with Gasteiger partial charge in [-0.05, 0) is 42.9 Å².